The van der Waals surface area contributed by atoms with Crippen molar-refractivity contribution >= 4 is 6.29 Å². The minimum atomic E-state index is 0.358. The maximum atomic E-state index is 10.4. The lowest BCUT2D eigenvalue weighted by atomic mass is 9.41. The highest BCUT2D eigenvalue weighted by molar-refractivity contribution is 5.49. The standard InChI is InChI=1S/C12H18O/c1-11(2)10-5-3-6-12(11,9-10)7-4-8-13/h3,6,8,10H,4-5,7,9H2,1-2H3. The molecule has 1 saturated carbocycles. The van der Waals surface area contributed by atoms with Crippen LogP contribution in [0.15, 0.2) is 12.2 Å². The maximum Gasteiger partial charge on any atom is 0.120 e. The second-order valence-corrected chi connectivity index (χ2v) is 5.12. The molecular formula is C12H18O. The van der Waals surface area contributed by atoms with Crippen molar-refractivity contribution in [3.8, 4) is 0 Å². The highest BCUT2D eigenvalue weighted by atomic mass is 16.1. The summed E-state index contributed by atoms with van der Waals surface area (Å²) in [6.45, 7) is 4.71. The fourth-order valence-corrected chi connectivity index (χ4v) is 3.18. The Morgan fingerprint density at radius 1 is 1.54 bits per heavy atom. The Kier molecular flexibility index (Phi) is 1.86. The third kappa shape index (κ3) is 1.02. The molecule has 2 bridgehead atoms. The summed E-state index contributed by atoms with van der Waals surface area (Å²) in [5, 5.41) is 0. The zero-order valence-corrected chi connectivity index (χ0v) is 8.55. The summed E-state index contributed by atoms with van der Waals surface area (Å²) in [6.07, 6.45) is 10.1. The molecule has 2 atom stereocenters. The Bertz CT molecular complexity index is 252. The third-order valence-electron chi connectivity index (χ3n) is 4.48. The molecule has 0 aromatic heterocycles. The van der Waals surface area contributed by atoms with Crippen molar-refractivity contribution in [1.29, 1.82) is 0 Å². The van der Waals surface area contributed by atoms with E-state index >= 15 is 0 Å². The maximum absolute atomic E-state index is 10.4. The van der Waals surface area contributed by atoms with Gasteiger partial charge in [0, 0.05) is 6.42 Å². The van der Waals surface area contributed by atoms with E-state index in [0.717, 1.165) is 25.0 Å². The zero-order valence-electron chi connectivity index (χ0n) is 8.55. The molecule has 0 amide bonds. The van der Waals surface area contributed by atoms with Gasteiger partial charge < -0.3 is 4.79 Å². The Labute approximate surface area is 80.2 Å². The predicted molar refractivity (Wildman–Crippen MR) is 53.4 cm³/mol. The van der Waals surface area contributed by atoms with Crippen molar-refractivity contribution in [3.05, 3.63) is 12.2 Å². The van der Waals surface area contributed by atoms with E-state index in [1.807, 2.05) is 0 Å². The van der Waals surface area contributed by atoms with E-state index in [2.05, 4.69) is 26.0 Å². The Morgan fingerprint density at radius 3 is 2.85 bits per heavy atom. The normalized spacial score (nSPS) is 39.7. The van der Waals surface area contributed by atoms with Gasteiger partial charge in [-0.25, -0.2) is 0 Å². The van der Waals surface area contributed by atoms with Crippen LogP contribution in [0.4, 0.5) is 0 Å². The summed E-state index contributed by atoms with van der Waals surface area (Å²) < 4.78 is 0. The van der Waals surface area contributed by atoms with Gasteiger partial charge in [0.15, 0.2) is 0 Å². The first kappa shape index (κ1) is 8.98. The number of carbonyl (C=O) groups excluding carboxylic acids is 1. The largest absolute Gasteiger partial charge is 0.303 e. The molecule has 2 unspecified atom stereocenters. The van der Waals surface area contributed by atoms with Gasteiger partial charge in [0.05, 0.1) is 0 Å². The number of aldehydes is 1. The SMILES string of the molecule is CC1(C)C2CC=CC1(CCC=O)C2. The number of rotatable bonds is 3. The first-order valence-corrected chi connectivity index (χ1v) is 5.24. The molecule has 3 aliphatic carbocycles. The average Bonchev–Trinajstić information content (AvgIpc) is 2.15. The molecule has 0 heterocycles. The van der Waals surface area contributed by atoms with Crippen LogP contribution in [0.5, 0.6) is 0 Å². The lowest BCUT2D eigenvalue weighted by molar-refractivity contribution is -0.115. The molecular weight excluding hydrogens is 160 g/mol. The molecule has 13 heavy (non-hydrogen) atoms. The van der Waals surface area contributed by atoms with Crippen molar-refractivity contribution in [2.75, 3.05) is 0 Å². The summed E-state index contributed by atoms with van der Waals surface area (Å²) >= 11 is 0. The summed E-state index contributed by atoms with van der Waals surface area (Å²) in [6, 6.07) is 0. The average molecular weight is 178 g/mol. The third-order valence-corrected chi connectivity index (χ3v) is 4.48. The highest BCUT2D eigenvalue weighted by Crippen LogP contribution is 2.66. The first-order valence-electron chi connectivity index (χ1n) is 5.24. The monoisotopic (exact) mass is 178 g/mol. The van der Waals surface area contributed by atoms with Crippen LogP contribution in [0.25, 0.3) is 0 Å². The molecule has 0 aromatic carbocycles. The topological polar surface area (TPSA) is 17.1 Å². The van der Waals surface area contributed by atoms with Crippen molar-refractivity contribution in [2.24, 2.45) is 16.7 Å². The number of allylic oxidation sites excluding steroid dienone is 2. The van der Waals surface area contributed by atoms with E-state index in [1.165, 1.54) is 12.8 Å². The predicted octanol–water partition coefficient (Wildman–Crippen LogP) is 2.96. The lowest BCUT2D eigenvalue weighted by Gasteiger charge is -2.63. The summed E-state index contributed by atoms with van der Waals surface area (Å²) in [4.78, 5) is 10.4. The number of carbonyl (C=O) groups is 1. The first-order chi connectivity index (χ1) is 6.12. The van der Waals surface area contributed by atoms with E-state index in [1.54, 1.807) is 0 Å². The highest BCUT2D eigenvalue weighted by Gasteiger charge is 2.58. The molecule has 1 nitrogen and oxygen atoms in total. The molecule has 0 aliphatic heterocycles. The quantitative estimate of drug-likeness (QED) is 0.479. The van der Waals surface area contributed by atoms with Crippen molar-refractivity contribution < 1.29 is 4.79 Å². The second kappa shape index (κ2) is 2.70. The van der Waals surface area contributed by atoms with Gasteiger partial charge in [0.2, 0.25) is 0 Å². The van der Waals surface area contributed by atoms with Crippen LogP contribution in [0.2, 0.25) is 0 Å². The summed E-state index contributed by atoms with van der Waals surface area (Å²) in [5.74, 6) is 0.865. The summed E-state index contributed by atoms with van der Waals surface area (Å²) in [5.41, 5.74) is 0.793. The molecule has 72 valence electrons. The Hall–Kier alpha value is -0.590. The second-order valence-electron chi connectivity index (χ2n) is 5.12. The van der Waals surface area contributed by atoms with E-state index in [0.29, 0.717) is 10.8 Å². The van der Waals surface area contributed by atoms with Gasteiger partial charge in [-0.2, -0.15) is 0 Å². The number of fused-ring (bicyclic) bond motifs is 1. The van der Waals surface area contributed by atoms with Gasteiger partial charge >= 0.3 is 0 Å². The molecule has 0 spiro atoms. The van der Waals surface area contributed by atoms with E-state index in [9.17, 15) is 4.79 Å². The molecule has 3 rings (SSSR count). The zero-order chi connectivity index (χ0) is 9.53. The molecule has 0 N–H and O–H groups in total. The van der Waals surface area contributed by atoms with Crippen LogP contribution < -0.4 is 0 Å². The lowest BCUT2D eigenvalue weighted by Crippen LogP contribution is -2.55. The molecule has 1 heteroatoms. The minimum Gasteiger partial charge on any atom is -0.303 e. The van der Waals surface area contributed by atoms with Gasteiger partial charge in [-0.1, -0.05) is 26.0 Å². The Balaban J connectivity index is 2.16. The Morgan fingerprint density at radius 2 is 2.31 bits per heavy atom. The van der Waals surface area contributed by atoms with Crippen LogP contribution in [-0.4, -0.2) is 6.29 Å². The van der Waals surface area contributed by atoms with Crippen LogP contribution in [-0.2, 0) is 4.79 Å². The molecule has 0 saturated heterocycles. The minimum absolute atomic E-state index is 0.358. The molecule has 3 aliphatic rings. The van der Waals surface area contributed by atoms with Crippen LogP contribution in [0.1, 0.15) is 39.5 Å². The van der Waals surface area contributed by atoms with E-state index in [-0.39, 0.29) is 0 Å². The van der Waals surface area contributed by atoms with Crippen molar-refractivity contribution in [2.45, 2.75) is 39.5 Å². The van der Waals surface area contributed by atoms with Crippen LogP contribution >= 0.6 is 0 Å². The number of hydrogen-bond donors (Lipinski definition) is 0. The van der Waals surface area contributed by atoms with Crippen LogP contribution in [0.3, 0.4) is 0 Å². The number of hydrogen-bond acceptors (Lipinski definition) is 1. The van der Waals surface area contributed by atoms with Gasteiger partial charge in [-0.15, -0.1) is 0 Å². The molecule has 0 radical (unpaired) electrons. The summed E-state index contributed by atoms with van der Waals surface area (Å²) in [7, 11) is 0. The van der Waals surface area contributed by atoms with Gasteiger partial charge in [-0.05, 0) is 36.0 Å². The molecule has 1 fully saturated rings. The van der Waals surface area contributed by atoms with E-state index < -0.39 is 0 Å². The van der Waals surface area contributed by atoms with Crippen LogP contribution in [0, 0.1) is 16.7 Å². The smallest absolute Gasteiger partial charge is 0.120 e. The van der Waals surface area contributed by atoms with Crippen molar-refractivity contribution in [3.63, 3.8) is 0 Å². The van der Waals surface area contributed by atoms with Gasteiger partial charge in [0.25, 0.3) is 0 Å². The fourth-order valence-electron chi connectivity index (χ4n) is 3.18. The van der Waals surface area contributed by atoms with Gasteiger partial charge in [0.1, 0.15) is 6.29 Å². The molecule has 0 aromatic rings. The van der Waals surface area contributed by atoms with Gasteiger partial charge in [-0.3, -0.25) is 0 Å². The van der Waals surface area contributed by atoms with E-state index in [4.69, 9.17) is 0 Å². The van der Waals surface area contributed by atoms with Crippen molar-refractivity contribution in [1.82, 2.24) is 0 Å². The fraction of sp³-hybridized carbons (Fsp3) is 0.750.